The molecule has 0 N–H and O–H groups in total. The van der Waals surface area contributed by atoms with Crippen LogP contribution < -0.4 is 0 Å². The lowest BCUT2D eigenvalue weighted by molar-refractivity contribution is 1.13. The van der Waals surface area contributed by atoms with Gasteiger partial charge in [-0.1, -0.05) is 24.3 Å². The van der Waals surface area contributed by atoms with Crippen molar-refractivity contribution in [1.82, 2.24) is 4.98 Å². The van der Waals surface area contributed by atoms with Crippen molar-refractivity contribution < 1.29 is 0 Å². The van der Waals surface area contributed by atoms with Crippen LogP contribution in [0.25, 0.3) is 0 Å². The van der Waals surface area contributed by atoms with E-state index in [-0.39, 0.29) is 0 Å². The molecule has 1 aromatic carbocycles. The van der Waals surface area contributed by atoms with Gasteiger partial charge in [0, 0.05) is 6.20 Å². The maximum absolute atomic E-state index is 4.13. The second-order valence-electron chi connectivity index (χ2n) is 3.18. The number of hydrogen-bond donors (Lipinski definition) is 0. The number of benzene rings is 1. The largest absolute Gasteiger partial charge is 0.235 e. The zero-order chi connectivity index (χ0) is 10.5. The molecular formula is C12H11N3. The van der Waals surface area contributed by atoms with Gasteiger partial charge in [0.2, 0.25) is 0 Å². The number of aryl methyl sites for hydroxylation is 1. The summed E-state index contributed by atoms with van der Waals surface area (Å²) in [6.07, 6.45) is 1.71. The van der Waals surface area contributed by atoms with Gasteiger partial charge in [-0.15, -0.1) is 10.2 Å². The van der Waals surface area contributed by atoms with Crippen molar-refractivity contribution in [3.63, 3.8) is 0 Å². The SMILES string of the molecule is Cc1cccnc1N=Nc1ccccc1. The van der Waals surface area contributed by atoms with Gasteiger partial charge in [0.25, 0.3) is 0 Å². The van der Waals surface area contributed by atoms with Gasteiger partial charge in [0.1, 0.15) is 0 Å². The monoisotopic (exact) mass is 197 g/mol. The van der Waals surface area contributed by atoms with Crippen molar-refractivity contribution in [2.75, 3.05) is 0 Å². The minimum atomic E-state index is 0.668. The Morgan fingerprint density at radius 1 is 0.933 bits per heavy atom. The molecule has 74 valence electrons. The number of hydrogen-bond acceptors (Lipinski definition) is 3. The molecule has 0 saturated carbocycles. The van der Waals surface area contributed by atoms with E-state index in [1.807, 2.05) is 49.4 Å². The molecule has 0 saturated heterocycles. The van der Waals surface area contributed by atoms with Crippen molar-refractivity contribution >= 4 is 11.5 Å². The van der Waals surface area contributed by atoms with E-state index in [0.717, 1.165) is 11.3 Å². The summed E-state index contributed by atoms with van der Waals surface area (Å²) in [6.45, 7) is 1.96. The average molecular weight is 197 g/mol. The average Bonchev–Trinajstić information content (AvgIpc) is 2.29. The van der Waals surface area contributed by atoms with E-state index in [2.05, 4.69) is 15.2 Å². The van der Waals surface area contributed by atoms with Gasteiger partial charge in [-0.3, -0.25) is 0 Å². The van der Waals surface area contributed by atoms with E-state index >= 15 is 0 Å². The van der Waals surface area contributed by atoms with Crippen LogP contribution in [0.15, 0.2) is 58.9 Å². The summed E-state index contributed by atoms with van der Waals surface area (Å²) in [6, 6.07) is 13.5. The zero-order valence-electron chi connectivity index (χ0n) is 8.46. The van der Waals surface area contributed by atoms with Gasteiger partial charge in [-0.05, 0) is 30.7 Å². The minimum Gasteiger partial charge on any atom is -0.235 e. The van der Waals surface area contributed by atoms with Crippen LogP contribution in [0.2, 0.25) is 0 Å². The van der Waals surface area contributed by atoms with Crippen LogP contribution in [0.4, 0.5) is 11.5 Å². The van der Waals surface area contributed by atoms with Crippen molar-refractivity contribution in [2.24, 2.45) is 10.2 Å². The van der Waals surface area contributed by atoms with Gasteiger partial charge < -0.3 is 0 Å². The number of rotatable bonds is 2. The van der Waals surface area contributed by atoms with Crippen LogP contribution in [0.5, 0.6) is 0 Å². The highest BCUT2D eigenvalue weighted by molar-refractivity contribution is 5.39. The Morgan fingerprint density at radius 3 is 2.47 bits per heavy atom. The maximum Gasteiger partial charge on any atom is 0.177 e. The highest BCUT2D eigenvalue weighted by Crippen LogP contribution is 2.18. The summed E-state index contributed by atoms with van der Waals surface area (Å²) in [5.41, 5.74) is 1.86. The molecule has 15 heavy (non-hydrogen) atoms. The van der Waals surface area contributed by atoms with E-state index < -0.39 is 0 Å². The second kappa shape index (κ2) is 4.46. The predicted molar refractivity (Wildman–Crippen MR) is 59.6 cm³/mol. The first-order valence-corrected chi connectivity index (χ1v) is 4.75. The van der Waals surface area contributed by atoms with Crippen LogP contribution in [0.3, 0.4) is 0 Å². The fourth-order valence-electron chi connectivity index (χ4n) is 1.18. The third-order valence-corrected chi connectivity index (χ3v) is 2.00. The number of nitrogens with zero attached hydrogens (tertiary/aromatic N) is 3. The fourth-order valence-corrected chi connectivity index (χ4v) is 1.18. The van der Waals surface area contributed by atoms with Crippen molar-refractivity contribution in [3.8, 4) is 0 Å². The molecule has 0 radical (unpaired) electrons. The molecule has 3 heteroatoms. The molecule has 0 aliphatic rings. The van der Waals surface area contributed by atoms with Crippen molar-refractivity contribution in [2.45, 2.75) is 6.92 Å². The minimum absolute atomic E-state index is 0.668. The number of azo groups is 1. The third-order valence-electron chi connectivity index (χ3n) is 2.00. The Morgan fingerprint density at radius 2 is 1.73 bits per heavy atom. The first kappa shape index (κ1) is 9.52. The summed E-state index contributed by atoms with van der Waals surface area (Å²) in [5, 5.41) is 8.19. The summed E-state index contributed by atoms with van der Waals surface area (Å²) in [4.78, 5) is 4.13. The van der Waals surface area contributed by atoms with Crippen LogP contribution in [0, 0.1) is 6.92 Å². The van der Waals surface area contributed by atoms with Crippen LogP contribution in [-0.2, 0) is 0 Å². The number of aromatic nitrogens is 1. The molecule has 1 heterocycles. The van der Waals surface area contributed by atoms with E-state index in [0.29, 0.717) is 5.82 Å². The molecule has 0 fully saturated rings. The van der Waals surface area contributed by atoms with Crippen molar-refractivity contribution in [3.05, 3.63) is 54.2 Å². The second-order valence-corrected chi connectivity index (χ2v) is 3.18. The molecule has 2 rings (SSSR count). The highest BCUT2D eigenvalue weighted by Gasteiger charge is 1.94. The van der Waals surface area contributed by atoms with Gasteiger partial charge in [0.05, 0.1) is 5.69 Å². The van der Waals surface area contributed by atoms with Crippen LogP contribution >= 0.6 is 0 Å². The van der Waals surface area contributed by atoms with E-state index in [4.69, 9.17) is 0 Å². The predicted octanol–water partition coefficient (Wildman–Crippen LogP) is 3.81. The summed E-state index contributed by atoms with van der Waals surface area (Å²) in [5.74, 6) is 0.668. The van der Waals surface area contributed by atoms with Crippen molar-refractivity contribution in [1.29, 1.82) is 0 Å². The molecule has 0 spiro atoms. The van der Waals surface area contributed by atoms with Gasteiger partial charge in [-0.2, -0.15) is 0 Å². The standard InChI is InChI=1S/C12H11N3/c1-10-6-5-9-13-12(10)15-14-11-7-3-2-4-8-11/h2-9H,1H3. The number of pyridine rings is 1. The molecular weight excluding hydrogens is 186 g/mol. The van der Waals surface area contributed by atoms with E-state index in [1.165, 1.54) is 0 Å². The maximum atomic E-state index is 4.13. The molecule has 0 unspecified atom stereocenters. The molecule has 0 atom stereocenters. The van der Waals surface area contributed by atoms with Crippen LogP contribution in [0.1, 0.15) is 5.56 Å². The van der Waals surface area contributed by atoms with E-state index in [1.54, 1.807) is 6.20 Å². The normalized spacial score (nSPS) is 10.7. The third kappa shape index (κ3) is 2.47. The Balaban J connectivity index is 2.23. The lowest BCUT2D eigenvalue weighted by Crippen LogP contribution is -1.76. The Labute approximate surface area is 88.5 Å². The first-order valence-electron chi connectivity index (χ1n) is 4.75. The quantitative estimate of drug-likeness (QED) is 0.674. The fraction of sp³-hybridized carbons (Fsp3) is 0.0833. The molecule has 0 bridgehead atoms. The van der Waals surface area contributed by atoms with Crippen LogP contribution in [-0.4, -0.2) is 4.98 Å². The zero-order valence-corrected chi connectivity index (χ0v) is 8.46. The Bertz CT molecular complexity index is 463. The van der Waals surface area contributed by atoms with Gasteiger partial charge in [0.15, 0.2) is 5.82 Å². The van der Waals surface area contributed by atoms with Gasteiger partial charge >= 0.3 is 0 Å². The molecule has 0 aliphatic carbocycles. The van der Waals surface area contributed by atoms with E-state index in [9.17, 15) is 0 Å². The molecule has 0 amide bonds. The molecule has 3 nitrogen and oxygen atoms in total. The first-order chi connectivity index (χ1) is 7.36. The smallest absolute Gasteiger partial charge is 0.177 e. The topological polar surface area (TPSA) is 37.6 Å². The molecule has 0 aliphatic heterocycles. The lowest BCUT2D eigenvalue weighted by Gasteiger charge is -1.95. The Kier molecular flexibility index (Phi) is 2.83. The van der Waals surface area contributed by atoms with Gasteiger partial charge in [-0.25, -0.2) is 4.98 Å². The lowest BCUT2D eigenvalue weighted by atomic mass is 10.3. The summed E-state index contributed by atoms with van der Waals surface area (Å²) >= 11 is 0. The summed E-state index contributed by atoms with van der Waals surface area (Å²) in [7, 11) is 0. The highest BCUT2D eigenvalue weighted by atomic mass is 15.1. The molecule has 1 aromatic heterocycles. The summed E-state index contributed by atoms with van der Waals surface area (Å²) < 4.78 is 0. The molecule has 2 aromatic rings. The Hall–Kier alpha value is -2.03.